The molecular formula is C19H24N2O4S. The van der Waals surface area contributed by atoms with E-state index in [0.717, 1.165) is 37.0 Å². The van der Waals surface area contributed by atoms with Crippen molar-refractivity contribution in [2.24, 2.45) is 5.92 Å². The van der Waals surface area contributed by atoms with Gasteiger partial charge in [0.25, 0.3) is 5.91 Å². The number of amides is 2. The molecule has 2 fully saturated rings. The van der Waals surface area contributed by atoms with E-state index in [1.54, 1.807) is 24.3 Å². The van der Waals surface area contributed by atoms with Crippen molar-refractivity contribution in [1.82, 2.24) is 10.6 Å². The molecule has 1 aromatic carbocycles. The Bertz CT molecular complexity index is 677. The van der Waals surface area contributed by atoms with Crippen molar-refractivity contribution in [2.75, 3.05) is 11.5 Å². The van der Waals surface area contributed by atoms with Gasteiger partial charge in [-0.15, -0.1) is 0 Å². The lowest BCUT2D eigenvalue weighted by Crippen LogP contribution is -2.54. The Balaban J connectivity index is 1.55. The first kappa shape index (κ1) is 18.8. The molecule has 1 saturated carbocycles. The molecule has 1 aliphatic heterocycles. The van der Waals surface area contributed by atoms with Gasteiger partial charge in [0.1, 0.15) is 5.54 Å². The van der Waals surface area contributed by atoms with Crippen molar-refractivity contribution >= 4 is 29.5 Å². The number of thioether (sulfide) groups is 1. The lowest BCUT2D eigenvalue weighted by atomic mass is 9.98. The van der Waals surface area contributed by atoms with E-state index in [1.165, 1.54) is 11.8 Å². The molecule has 2 amide bonds. The SMILES string of the molecule is O=C(NC1(C(=O)O)CCSC1)c1ccc(CNC(=O)C2CCCC2)cc1. The number of carbonyl (C=O) groups is 3. The molecule has 1 unspecified atom stereocenters. The van der Waals surface area contributed by atoms with Crippen LogP contribution in [0.5, 0.6) is 0 Å². The van der Waals surface area contributed by atoms with Gasteiger partial charge in [0, 0.05) is 23.8 Å². The largest absolute Gasteiger partial charge is 0.479 e. The summed E-state index contributed by atoms with van der Waals surface area (Å²) in [6.07, 6.45) is 4.61. The first-order valence-electron chi connectivity index (χ1n) is 9.00. The quantitative estimate of drug-likeness (QED) is 0.707. The van der Waals surface area contributed by atoms with Crippen LogP contribution in [0.4, 0.5) is 0 Å². The zero-order valence-electron chi connectivity index (χ0n) is 14.6. The molecule has 26 heavy (non-hydrogen) atoms. The molecule has 0 spiro atoms. The van der Waals surface area contributed by atoms with Crippen molar-refractivity contribution < 1.29 is 19.5 Å². The third-order valence-electron chi connectivity index (χ3n) is 5.19. The molecule has 1 heterocycles. The van der Waals surface area contributed by atoms with Crippen LogP contribution < -0.4 is 10.6 Å². The van der Waals surface area contributed by atoms with Gasteiger partial charge < -0.3 is 15.7 Å². The number of benzene rings is 1. The molecule has 3 rings (SSSR count). The maximum Gasteiger partial charge on any atom is 0.330 e. The number of hydrogen-bond acceptors (Lipinski definition) is 4. The van der Waals surface area contributed by atoms with E-state index in [0.29, 0.717) is 24.3 Å². The van der Waals surface area contributed by atoms with Crippen molar-refractivity contribution in [2.45, 2.75) is 44.2 Å². The van der Waals surface area contributed by atoms with E-state index < -0.39 is 11.5 Å². The van der Waals surface area contributed by atoms with E-state index >= 15 is 0 Å². The molecule has 2 aliphatic rings. The first-order valence-corrected chi connectivity index (χ1v) is 10.2. The van der Waals surface area contributed by atoms with Gasteiger partial charge in [-0.1, -0.05) is 25.0 Å². The van der Waals surface area contributed by atoms with Crippen LogP contribution in [0.25, 0.3) is 0 Å². The molecule has 3 N–H and O–H groups in total. The second kappa shape index (κ2) is 8.12. The summed E-state index contributed by atoms with van der Waals surface area (Å²) in [7, 11) is 0. The van der Waals surface area contributed by atoms with E-state index in [2.05, 4.69) is 10.6 Å². The van der Waals surface area contributed by atoms with E-state index in [1.807, 2.05) is 0 Å². The van der Waals surface area contributed by atoms with Gasteiger partial charge in [0.2, 0.25) is 5.91 Å². The number of aliphatic carboxylic acids is 1. The Morgan fingerprint density at radius 1 is 1.15 bits per heavy atom. The van der Waals surface area contributed by atoms with Gasteiger partial charge in [0.05, 0.1) is 0 Å². The highest BCUT2D eigenvalue weighted by Crippen LogP contribution is 2.28. The van der Waals surface area contributed by atoms with E-state index in [9.17, 15) is 19.5 Å². The predicted molar refractivity (Wildman–Crippen MR) is 100 cm³/mol. The lowest BCUT2D eigenvalue weighted by molar-refractivity contribution is -0.143. The number of carboxylic acid groups (broad SMARTS) is 1. The average Bonchev–Trinajstić information content (AvgIpc) is 3.32. The molecular weight excluding hydrogens is 352 g/mol. The standard InChI is InChI=1S/C19H24N2O4S/c22-16(14-3-1-2-4-14)20-11-13-5-7-15(8-6-13)17(23)21-19(18(24)25)9-10-26-12-19/h5-8,14H,1-4,9-12H2,(H,20,22)(H,21,23)(H,24,25). The van der Waals surface area contributed by atoms with Gasteiger partial charge >= 0.3 is 5.97 Å². The minimum atomic E-state index is -1.17. The van der Waals surface area contributed by atoms with Crippen LogP contribution in [0.15, 0.2) is 24.3 Å². The van der Waals surface area contributed by atoms with Gasteiger partial charge in [-0.2, -0.15) is 11.8 Å². The molecule has 1 aliphatic carbocycles. The van der Waals surface area contributed by atoms with Crippen LogP contribution in [0.2, 0.25) is 0 Å². The van der Waals surface area contributed by atoms with Crippen molar-refractivity contribution in [1.29, 1.82) is 0 Å². The van der Waals surface area contributed by atoms with Crippen molar-refractivity contribution in [3.8, 4) is 0 Å². The Morgan fingerprint density at radius 2 is 1.85 bits per heavy atom. The van der Waals surface area contributed by atoms with Crippen LogP contribution in [0, 0.1) is 5.92 Å². The minimum absolute atomic E-state index is 0.103. The highest BCUT2D eigenvalue weighted by molar-refractivity contribution is 7.99. The van der Waals surface area contributed by atoms with Crippen molar-refractivity contribution in [3.05, 3.63) is 35.4 Å². The average molecular weight is 376 g/mol. The number of hydrogen-bond donors (Lipinski definition) is 3. The molecule has 0 aromatic heterocycles. The van der Waals surface area contributed by atoms with Gasteiger partial charge in [-0.3, -0.25) is 9.59 Å². The molecule has 0 radical (unpaired) electrons. The second-order valence-corrected chi connectivity index (χ2v) is 8.15. The third kappa shape index (κ3) is 4.20. The van der Waals surface area contributed by atoms with Gasteiger partial charge in [-0.05, 0) is 42.7 Å². The first-order chi connectivity index (χ1) is 12.5. The van der Waals surface area contributed by atoms with Crippen LogP contribution in [0.3, 0.4) is 0 Å². The predicted octanol–water partition coefficient (Wildman–Crippen LogP) is 2.18. The fourth-order valence-corrected chi connectivity index (χ4v) is 4.80. The Morgan fingerprint density at radius 3 is 2.42 bits per heavy atom. The van der Waals surface area contributed by atoms with Crippen LogP contribution in [0.1, 0.15) is 48.0 Å². The zero-order valence-corrected chi connectivity index (χ0v) is 15.4. The third-order valence-corrected chi connectivity index (χ3v) is 6.38. The highest BCUT2D eigenvalue weighted by atomic mass is 32.2. The van der Waals surface area contributed by atoms with Crippen LogP contribution in [-0.4, -0.2) is 39.9 Å². The summed E-state index contributed by atoms with van der Waals surface area (Å²) in [5.41, 5.74) is 0.168. The smallest absolute Gasteiger partial charge is 0.330 e. The molecule has 0 bridgehead atoms. The molecule has 7 heteroatoms. The second-order valence-electron chi connectivity index (χ2n) is 7.04. The number of carboxylic acids is 1. The van der Waals surface area contributed by atoms with E-state index in [4.69, 9.17) is 0 Å². The van der Waals surface area contributed by atoms with Crippen LogP contribution in [-0.2, 0) is 16.1 Å². The Kier molecular flexibility index (Phi) is 5.86. The molecule has 1 aromatic rings. The molecule has 6 nitrogen and oxygen atoms in total. The number of nitrogens with one attached hydrogen (secondary N) is 2. The molecule has 1 atom stereocenters. The summed E-state index contributed by atoms with van der Waals surface area (Å²) in [4.78, 5) is 36.0. The fourth-order valence-electron chi connectivity index (χ4n) is 3.47. The van der Waals surface area contributed by atoms with E-state index in [-0.39, 0.29) is 17.7 Å². The summed E-state index contributed by atoms with van der Waals surface area (Å²) in [6.45, 7) is 0.437. The van der Waals surface area contributed by atoms with Crippen molar-refractivity contribution in [3.63, 3.8) is 0 Å². The summed E-state index contributed by atoms with van der Waals surface area (Å²) in [5.74, 6) is -0.00695. The molecule has 1 saturated heterocycles. The minimum Gasteiger partial charge on any atom is -0.479 e. The van der Waals surface area contributed by atoms with Gasteiger partial charge in [-0.25, -0.2) is 4.79 Å². The monoisotopic (exact) mass is 376 g/mol. The van der Waals surface area contributed by atoms with Gasteiger partial charge in [0.15, 0.2) is 0 Å². The summed E-state index contributed by atoms with van der Waals surface area (Å²) >= 11 is 1.53. The maximum atomic E-state index is 12.4. The topological polar surface area (TPSA) is 95.5 Å². The normalized spacial score (nSPS) is 22.9. The highest BCUT2D eigenvalue weighted by Gasteiger charge is 2.43. The Labute approximate surface area is 157 Å². The fraction of sp³-hybridized carbons (Fsp3) is 0.526. The number of rotatable bonds is 6. The zero-order chi connectivity index (χ0) is 18.6. The maximum absolute atomic E-state index is 12.4. The lowest BCUT2D eigenvalue weighted by Gasteiger charge is -2.24. The van der Waals surface area contributed by atoms with Crippen LogP contribution >= 0.6 is 11.8 Å². The number of carbonyl (C=O) groups excluding carboxylic acids is 2. The molecule has 140 valence electrons. The summed E-state index contributed by atoms with van der Waals surface area (Å²) < 4.78 is 0. The summed E-state index contributed by atoms with van der Waals surface area (Å²) in [6, 6.07) is 6.93. The summed E-state index contributed by atoms with van der Waals surface area (Å²) in [5, 5.41) is 15.1. The Hall–Kier alpha value is -2.02.